The molecule has 4 aromatic rings. The van der Waals surface area contributed by atoms with Crippen molar-refractivity contribution in [1.82, 2.24) is 40.3 Å². The van der Waals surface area contributed by atoms with Crippen LogP contribution < -0.4 is 10.6 Å². The van der Waals surface area contributed by atoms with Crippen LogP contribution in [-0.2, 0) is 4.74 Å². The average molecular weight is 773 g/mol. The van der Waals surface area contributed by atoms with Crippen molar-refractivity contribution in [3.8, 4) is 28.6 Å². The fraction of sp³-hybridized carbons (Fsp3) is 0.371. The Morgan fingerprint density at radius 1 is 1.07 bits per heavy atom. The van der Waals surface area contributed by atoms with Crippen molar-refractivity contribution in [3.63, 3.8) is 0 Å². The van der Waals surface area contributed by atoms with Gasteiger partial charge in [-0.2, -0.15) is 37.0 Å². The molecule has 2 aromatic heterocycles. The summed E-state index contributed by atoms with van der Waals surface area (Å²) in [6.45, 7) is 2.24. The molecule has 0 unspecified atom stereocenters. The zero-order chi connectivity index (χ0) is 39.4. The third-order valence-corrected chi connectivity index (χ3v) is 8.87. The summed E-state index contributed by atoms with van der Waals surface area (Å²) in [4.78, 5) is 40.1. The topological polar surface area (TPSA) is 175 Å². The molecule has 5 rings (SSSR count). The molecule has 0 saturated heterocycles. The molecule has 0 aliphatic heterocycles. The molecular weight excluding hydrogens is 739 g/mol. The molecule has 2 aromatic carbocycles. The second-order valence-corrected chi connectivity index (χ2v) is 14.0. The second-order valence-electron chi connectivity index (χ2n) is 13.6. The standard InChI is InChI=1S/C35H34ClF5N10O3/c1-33(2,3)12-13-44-31(43)50(29(52)21-6-4-20(5-7-21)23-16-45-27(15-42)46-17-23)26(18-54-32(53)49-34(10-11-34)35(39,40)41)22-8-9-25(36)24(14-22)28-47-19-48-51(28)30(37)38/h4-9,14,16-17,19,26,30H,10-13,18H2,1-3H3,(H2,43,44)(H,49,53)/t26-/m1/s1. The number of guanidine groups is 1. The van der Waals surface area contributed by atoms with Gasteiger partial charge in [-0.15, -0.1) is 0 Å². The van der Waals surface area contributed by atoms with Crippen molar-refractivity contribution in [2.45, 2.75) is 64.3 Å². The SMILES string of the molecule is CC(C)(C)CCNC(=N)N(C(=O)c1ccc(-c2cnc(C#N)nc2)cc1)[C@H](COC(=O)NC1(C(F)(F)F)CC1)c1ccc(Cl)c(-c2ncnn2C(F)F)c1. The number of ether oxygens (including phenoxy) is 1. The van der Waals surface area contributed by atoms with Crippen molar-refractivity contribution in [1.29, 1.82) is 10.7 Å². The Balaban J connectivity index is 1.56. The number of aromatic nitrogens is 5. The molecule has 0 bridgehead atoms. The predicted molar refractivity (Wildman–Crippen MR) is 185 cm³/mol. The van der Waals surface area contributed by atoms with Gasteiger partial charge in [0.2, 0.25) is 5.82 Å². The molecule has 1 aliphatic carbocycles. The summed E-state index contributed by atoms with van der Waals surface area (Å²) < 4.78 is 74.3. The average Bonchev–Trinajstić information content (AvgIpc) is 3.75. The van der Waals surface area contributed by atoms with E-state index in [1.807, 2.05) is 32.2 Å². The van der Waals surface area contributed by atoms with Crippen LogP contribution in [0.3, 0.4) is 0 Å². The summed E-state index contributed by atoms with van der Waals surface area (Å²) in [6, 6.07) is 10.5. The van der Waals surface area contributed by atoms with Crippen LogP contribution in [0.4, 0.5) is 26.7 Å². The molecule has 1 atom stereocenters. The summed E-state index contributed by atoms with van der Waals surface area (Å²) in [7, 11) is 0. The number of nitriles is 1. The first-order chi connectivity index (χ1) is 25.4. The van der Waals surface area contributed by atoms with Gasteiger partial charge in [0.15, 0.2) is 11.8 Å². The first kappa shape index (κ1) is 39.5. The van der Waals surface area contributed by atoms with E-state index in [0.29, 0.717) is 22.2 Å². The van der Waals surface area contributed by atoms with E-state index in [4.69, 9.17) is 27.0 Å². The Hall–Kier alpha value is -5.70. The van der Waals surface area contributed by atoms with Crippen LogP contribution in [0.2, 0.25) is 5.02 Å². The maximum atomic E-state index is 14.5. The molecule has 54 heavy (non-hydrogen) atoms. The molecule has 2 amide bonds. The van der Waals surface area contributed by atoms with E-state index in [0.717, 1.165) is 11.2 Å². The minimum Gasteiger partial charge on any atom is -0.447 e. The van der Waals surface area contributed by atoms with Gasteiger partial charge in [0.05, 0.1) is 11.1 Å². The van der Waals surface area contributed by atoms with Crippen molar-refractivity contribution in [2.24, 2.45) is 5.41 Å². The van der Waals surface area contributed by atoms with E-state index >= 15 is 0 Å². The fourth-order valence-electron chi connectivity index (χ4n) is 5.34. The van der Waals surface area contributed by atoms with Gasteiger partial charge in [0, 0.05) is 35.6 Å². The Morgan fingerprint density at radius 3 is 2.31 bits per heavy atom. The molecule has 1 fully saturated rings. The van der Waals surface area contributed by atoms with Gasteiger partial charge < -0.3 is 15.4 Å². The summed E-state index contributed by atoms with van der Waals surface area (Å²) in [5.74, 6) is -1.62. The zero-order valence-electron chi connectivity index (χ0n) is 29.1. The highest BCUT2D eigenvalue weighted by molar-refractivity contribution is 6.33. The fourth-order valence-corrected chi connectivity index (χ4v) is 5.54. The van der Waals surface area contributed by atoms with Crippen molar-refractivity contribution >= 4 is 29.6 Å². The number of carbonyl (C=O) groups is 2. The van der Waals surface area contributed by atoms with Crippen LogP contribution >= 0.6 is 11.6 Å². The number of benzene rings is 2. The smallest absolute Gasteiger partial charge is 0.411 e. The lowest BCUT2D eigenvalue weighted by molar-refractivity contribution is -0.164. The number of nitrogens with one attached hydrogen (secondary N) is 3. The highest BCUT2D eigenvalue weighted by Crippen LogP contribution is 2.49. The first-order valence-corrected chi connectivity index (χ1v) is 16.8. The Kier molecular flexibility index (Phi) is 11.5. The second kappa shape index (κ2) is 15.7. The highest BCUT2D eigenvalue weighted by atomic mass is 35.5. The van der Waals surface area contributed by atoms with Gasteiger partial charge in [0.1, 0.15) is 24.5 Å². The number of rotatable bonds is 11. The van der Waals surface area contributed by atoms with Crippen molar-refractivity contribution in [3.05, 3.63) is 83.2 Å². The summed E-state index contributed by atoms with van der Waals surface area (Å²) in [6.07, 6.45) is -2.56. The van der Waals surface area contributed by atoms with E-state index in [2.05, 4.69) is 25.4 Å². The molecule has 1 saturated carbocycles. The molecule has 3 N–H and O–H groups in total. The van der Waals surface area contributed by atoms with Gasteiger partial charge in [-0.05, 0) is 60.1 Å². The van der Waals surface area contributed by atoms with Crippen molar-refractivity contribution in [2.75, 3.05) is 13.2 Å². The predicted octanol–water partition coefficient (Wildman–Crippen LogP) is 7.29. The van der Waals surface area contributed by atoms with Crippen molar-refractivity contribution < 1.29 is 36.3 Å². The van der Waals surface area contributed by atoms with Crippen LogP contribution in [0.5, 0.6) is 0 Å². The molecule has 0 radical (unpaired) electrons. The summed E-state index contributed by atoms with van der Waals surface area (Å²) >= 11 is 6.43. The monoisotopic (exact) mass is 772 g/mol. The van der Waals surface area contributed by atoms with Gasteiger partial charge >= 0.3 is 18.8 Å². The number of hydrogen-bond acceptors (Lipinski definition) is 9. The number of alkyl carbamates (subject to hydrolysis) is 1. The molecule has 19 heteroatoms. The normalized spacial score (nSPS) is 14.2. The van der Waals surface area contributed by atoms with Crippen LogP contribution in [0.1, 0.15) is 74.4 Å². The third-order valence-electron chi connectivity index (χ3n) is 8.54. The van der Waals surface area contributed by atoms with Crippen LogP contribution in [-0.4, -0.2) is 72.5 Å². The number of nitrogens with zero attached hydrogens (tertiary/aromatic N) is 7. The Bertz CT molecular complexity index is 2040. The first-order valence-electron chi connectivity index (χ1n) is 16.4. The van der Waals surface area contributed by atoms with E-state index in [-0.39, 0.29) is 58.2 Å². The molecule has 0 spiro atoms. The Labute approximate surface area is 311 Å². The van der Waals surface area contributed by atoms with E-state index in [9.17, 15) is 31.5 Å². The largest absolute Gasteiger partial charge is 0.447 e. The number of amides is 2. The maximum absolute atomic E-state index is 14.5. The minimum absolute atomic E-state index is 0.0360. The van der Waals surface area contributed by atoms with E-state index < -0.39 is 48.9 Å². The highest BCUT2D eigenvalue weighted by Gasteiger charge is 2.64. The molecule has 284 valence electrons. The summed E-state index contributed by atoms with van der Waals surface area (Å²) in [5, 5.41) is 26.4. The van der Waals surface area contributed by atoms with Gasteiger partial charge in [-0.3, -0.25) is 15.1 Å². The minimum atomic E-state index is -4.74. The number of hydrogen-bond donors (Lipinski definition) is 3. The number of carbonyl (C=O) groups excluding carboxylic acids is 2. The molecule has 13 nitrogen and oxygen atoms in total. The zero-order valence-corrected chi connectivity index (χ0v) is 29.8. The van der Waals surface area contributed by atoms with E-state index in [1.54, 1.807) is 12.1 Å². The lowest BCUT2D eigenvalue weighted by Crippen LogP contribution is -2.50. The number of halogens is 6. The van der Waals surface area contributed by atoms with Gasteiger partial charge in [-0.1, -0.05) is 50.6 Å². The van der Waals surface area contributed by atoms with Crippen LogP contribution in [0, 0.1) is 22.2 Å². The Morgan fingerprint density at radius 2 is 1.74 bits per heavy atom. The van der Waals surface area contributed by atoms with Crippen LogP contribution in [0.15, 0.2) is 61.2 Å². The third kappa shape index (κ3) is 9.08. The maximum Gasteiger partial charge on any atom is 0.411 e. The quantitative estimate of drug-likeness (QED) is 0.0804. The van der Waals surface area contributed by atoms with Crippen LogP contribution in [0.25, 0.3) is 22.5 Å². The van der Waals surface area contributed by atoms with Gasteiger partial charge in [0.25, 0.3) is 5.91 Å². The molecule has 2 heterocycles. The lowest BCUT2D eigenvalue weighted by atomic mass is 9.92. The molecular formula is C35H34ClF5N10O3. The number of alkyl halides is 5. The van der Waals surface area contributed by atoms with E-state index in [1.165, 1.54) is 42.7 Å². The van der Waals surface area contributed by atoms with Gasteiger partial charge in [-0.25, -0.2) is 19.7 Å². The molecule has 1 aliphatic rings. The summed E-state index contributed by atoms with van der Waals surface area (Å²) in [5.41, 5.74) is -1.42. The lowest BCUT2D eigenvalue weighted by Gasteiger charge is -2.33.